The summed E-state index contributed by atoms with van der Waals surface area (Å²) < 4.78 is 43.6. The van der Waals surface area contributed by atoms with Gasteiger partial charge in [0.05, 0.1) is 6.54 Å². The fourth-order valence-corrected chi connectivity index (χ4v) is 3.19. The number of fused-ring (bicyclic) bond motifs is 1. The number of alkyl halides is 3. The van der Waals surface area contributed by atoms with Crippen molar-refractivity contribution in [3.63, 3.8) is 0 Å². The van der Waals surface area contributed by atoms with Crippen molar-refractivity contribution in [3.8, 4) is 0 Å². The first kappa shape index (κ1) is 22.5. The van der Waals surface area contributed by atoms with Gasteiger partial charge < -0.3 is 15.1 Å². The molecule has 2 aromatic heterocycles. The van der Waals surface area contributed by atoms with Crippen LogP contribution < -0.4 is 10.6 Å². The van der Waals surface area contributed by atoms with Crippen LogP contribution in [0, 0.1) is 0 Å². The second kappa shape index (κ2) is 10.1. The smallest absolute Gasteiger partial charge is 0.434 e. The van der Waals surface area contributed by atoms with Gasteiger partial charge in [-0.25, -0.2) is 9.98 Å². The van der Waals surface area contributed by atoms with Crippen molar-refractivity contribution in [1.29, 1.82) is 0 Å². The van der Waals surface area contributed by atoms with Crippen LogP contribution in [0.3, 0.4) is 0 Å². The number of nitrogens with one attached hydrogen (secondary N) is 2. The lowest BCUT2D eigenvalue weighted by Crippen LogP contribution is -2.38. The zero-order valence-corrected chi connectivity index (χ0v) is 18.2. The van der Waals surface area contributed by atoms with Gasteiger partial charge in [-0.15, -0.1) is 35.3 Å². The molecule has 0 aliphatic heterocycles. The summed E-state index contributed by atoms with van der Waals surface area (Å²) >= 11 is 0.951. The van der Waals surface area contributed by atoms with Gasteiger partial charge in [-0.3, -0.25) is 0 Å². The molecule has 0 aliphatic carbocycles. The largest absolute Gasteiger partial charge is 0.461 e. The Hall–Kier alpha value is -1.82. The first-order chi connectivity index (χ1) is 13.0. The van der Waals surface area contributed by atoms with Crippen molar-refractivity contribution in [2.45, 2.75) is 26.1 Å². The van der Waals surface area contributed by atoms with Crippen LogP contribution in [-0.2, 0) is 19.1 Å². The standard InChI is InChI=1S/C18H19F3N4OS.HI/c1-2-22-17(24-10-16-25-15(11-27-16)18(19,20)21)23-8-7-13-9-12-5-3-4-6-14(12)26-13;/h3-6,9,11H,2,7-8,10H2,1H3,(H2,22,23,24);1H. The minimum absolute atomic E-state index is 0. The van der Waals surface area contributed by atoms with Gasteiger partial charge in [-0.1, -0.05) is 18.2 Å². The molecule has 0 bridgehead atoms. The van der Waals surface area contributed by atoms with E-state index >= 15 is 0 Å². The molecule has 1 aromatic carbocycles. The van der Waals surface area contributed by atoms with Crippen molar-refractivity contribution in [3.05, 3.63) is 52.2 Å². The zero-order valence-electron chi connectivity index (χ0n) is 15.0. The number of halogens is 4. The molecule has 3 aromatic rings. The molecule has 10 heteroatoms. The number of nitrogens with zero attached hydrogens (tertiary/aromatic N) is 2. The van der Waals surface area contributed by atoms with Crippen LogP contribution in [0.25, 0.3) is 11.0 Å². The lowest BCUT2D eigenvalue weighted by atomic mass is 10.2. The van der Waals surface area contributed by atoms with Crippen LogP contribution in [0.5, 0.6) is 0 Å². The second-order valence-corrected chi connectivity index (χ2v) is 6.69. The van der Waals surface area contributed by atoms with E-state index in [0.29, 0.717) is 30.5 Å². The molecule has 0 unspecified atom stereocenters. The van der Waals surface area contributed by atoms with E-state index < -0.39 is 11.9 Å². The second-order valence-electron chi connectivity index (χ2n) is 5.75. The van der Waals surface area contributed by atoms with Crippen molar-refractivity contribution in [1.82, 2.24) is 15.6 Å². The summed E-state index contributed by atoms with van der Waals surface area (Å²) in [5.41, 5.74) is -0.0298. The summed E-state index contributed by atoms with van der Waals surface area (Å²) in [6.45, 7) is 3.22. The summed E-state index contributed by atoms with van der Waals surface area (Å²) in [4.78, 5) is 7.88. The van der Waals surface area contributed by atoms with Crippen molar-refractivity contribution in [2.24, 2.45) is 4.99 Å². The third-order valence-electron chi connectivity index (χ3n) is 3.70. The van der Waals surface area contributed by atoms with Crippen LogP contribution in [0.1, 0.15) is 23.4 Å². The van der Waals surface area contributed by atoms with Gasteiger partial charge in [0, 0.05) is 30.3 Å². The molecular weight excluding hydrogens is 504 g/mol. The number of aromatic nitrogens is 1. The Labute approximate surface area is 181 Å². The van der Waals surface area contributed by atoms with Gasteiger partial charge in [0.1, 0.15) is 16.4 Å². The number of benzene rings is 1. The van der Waals surface area contributed by atoms with Crippen molar-refractivity contribution in [2.75, 3.05) is 13.1 Å². The number of aliphatic imine (C=N–C) groups is 1. The highest BCUT2D eigenvalue weighted by Crippen LogP contribution is 2.30. The van der Waals surface area contributed by atoms with Crippen molar-refractivity contribution < 1.29 is 17.6 Å². The molecule has 0 fully saturated rings. The topological polar surface area (TPSA) is 62.5 Å². The number of hydrogen-bond donors (Lipinski definition) is 2. The minimum Gasteiger partial charge on any atom is -0.461 e. The average molecular weight is 524 g/mol. The SMILES string of the molecule is CCNC(=NCc1nc(C(F)(F)F)cs1)NCCc1cc2ccccc2o1.I. The van der Waals surface area contributed by atoms with Crippen molar-refractivity contribution >= 4 is 52.2 Å². The number of thiazole rings is 1. The van der Waals surface area contributed by atoms with E-state index in [0.717, 1.165) is 33.4 Å². The third kappa shape index (κ3) is 6.09. The Morgan fingerprint density at radius 3 is 2.71 bits per heavy atom. The maximum Gasteiger partial charge on any atom is 0.434 e. The Morgan fingerprint density at radius 1 is 1.25 bits per heavy atom. The van der Waals surface area contributed by atoms with E-state index in [1.54, 1.807) is 0 Å². The monoisotopic (exact) mass is 524 g/mol. The van der Waals surface area contributed by atoms with E-state index in [2.05, 4.69) is 20.6 Å². The highest BCUT2D eigenvalue weighted by molar-refractivity contribution is 14.0. The van der Waals surface area contributed by atoms with E-state index in [1.165, 1.54) is 0 Å². The summed E-state index contributed by atoms with van der Waals surface area (Å²) in [5.74, 6) is 1.38. The minimum atomic E-state index is -4.42. The lowest BCUT2D eigenvalue weighted by molar-refractivity contribution is -0.140. The van der Waals surface area contributed by atoms with Gasteiger partial charge in [0.15, 0.2) is 11.7 Å². The number of rotatable bonds is 6. The van der Waals surface area contributed by atoms with Gasteiger partial charge >= 0.3 is 6.18 Å². The Kier molecular flexibility index (Phi) is 8.10. The van der Waals surface area contributed by atoms with E-state index in [4.69, 9.17) is 4.42 Å². The van der Waals surface area contributed by atoms with Gasteiger partial charge in [0.25, 0.3) is 0 Å². The van der Waals surface area contributed by atoms with Gasteiger partial charge in [0.2, 0.25) is 0 Å². The Bertz CT molecular complexity index is 890. The maximum atomic E-state index is 12.6. The number of furan rings is 1. The zero-order chi connectivity index (χ0) is 19.3. The molecule has 0 spiro atoms. The first-order valence-corrected chi connectivity index (χ1v) is 9.35. The molecule has 0 amide bonds. The molecule has 0 aliphatic rings. The van der Waals surface area contributed by atoms with Gasteiger partial charge in [-0.2, -0.15) is 13.2 Å². The predicted molar refractivity (Wildman–Crippen MR) is 115 cm³/mol. The van der Waals surface area contributed by atoms with E-state index in [1.807, 2.05) is 37.3 Å². The van der Waals surface area contributed by atoms with E-state index in [9.17, 15) is 13.2 Å². The molecule has 0 saturated heterocycles. The number of hydrogen-bond acceptors (Lipinski definition) is 4. The number of para-hydroxylation sites is 1. The lowest BCUT2D eigenvalue weighted by Gasteiger charge is -2.10. The molecule has 0 radical (unpaired) electrons. The van der Waals surface area contributed by atoms with Crippen LogP contribution in [0.2, 0.25) is 0 Å². The Balaban J connectivity index is 0.00000280. The molecule has 5 nitrogen and oxygen atoms in total. The normalized spacial score (nSPS) is 12.1. The summed E-state index contributed by atoms with van der Waals surface area (Å²) in [6.07, 6.45) is -3.76. The fourth-order valence-electron chi connectivity index (χ4n) is 2.47. The maximum absolute atomic E-state index is 12.6. The highest BCUT2D eigenvalue weighted by atomic mass is 127. The predicted octanol–water partition coefficient (Wildman–Crippen LogP) is 4.82. The molecular formula is C18H20F3IN4OS. The van der Waals surface area contributed by atoms with Crippen LogP contribution in [-0.4, -0.2) is 24.0 Å². The molecule has 0 atom stereocenters. The van der Waals surface area contributed by atoms with Crippen LogP contribution >= 0.6 is 35.3 Å². The first-order valence-electron chi connectivity index (χ1n) is 8.47. The molecule has 2 heterocycles. The third-order valence-corrected chi connectivity index (χ3v) is 4.53. The van der Waals surface area contributed by atoms with Crippen LogP contribution in [0.15, 0.2) is 45.1 Å². The highest BCUT2D eigenvalue weighted by Gasteiger charge is 2.33. The van der Waals surface area contributed by atoms with Crippen LogP contribution in [0.4, 0.5) is 13.2 Å². The molecule has 2 N–H and O–H groups in total. The number of guanidine groups is 1. The summed E-state index contributed by atoms with van der Waals surface area (Å²) in [6, 6.07) is 9.78. The molecule has 3 rings (SSSR count). The summed E-state index contributed by atoms with van der Waals surface area (Å²) in [7, 11) is 0. The fraction of sp³-hybridized carbons (Fsp3) is 0.333. The Morgan fingerprint density at radius 2 is 2.04 bits per heavy atom. The average Bonchev–Trinajstić information content (AvgIpc) is 3.26. The summed E-state index contributed by atoms with van der Waals surface area (Å²) in [5, 5.41) is 8.60. The molecule has 28 heavy (non-hydrogen) atoms. The quantitative estimate of drug-likeness (QED) is 0.276. The molecule has 0 saturated carbocycles. The van der Waals surface area contributed by atoms with E-state index in [-0.39, 0.29) is 30.5 Å². The van der Waals surface area contributed by atoms with Gasteiger partial charge in [-0.05, 0) is 19.1 Å². The molecule has 152 valence electrons.